The van der Waals surface area contributed by atoms with Crippen molar-refractivity contribution in [3.8, 4) is 33.4 Å². The normalized spacial score (nSPS) is 14.8. The Labute approximate surface area is 446 Å². The van der Waals surface area contributed by atoms with Crippen molar-refractivity contribution in [3.05, 3.63) is 301 Å². The Hall–Kier alpha value is -9.90. The molecule has 2 heterocycles. The minimum atomic E-state index is -0.583. The van der Waals surface area contributed by atoms with Crippen molar-refractivity contribution in [2.75, 3.05) is 9.80 Å². The first kappa shape index (κ1) is 43.5. The summed E-state index contributed by atoms with van der Waals surface area (Å²) in [7, 11) is 0. The molecule has 77 heavy (non-hydrogen) atoms. The largest absolute Gasteiger partial charge is 0.454 e. The highest BCUT2D eigenvalue weighted by atomic mass is 16.3. The van der Waals surface area contributed by atoms with Crippen LogP contribution < -0.4 is 9.80 Å². The number of allylic oxidation sites excluding steroid dienone is 2. The molecule has 13 aromatic rings. The first-order chi connectivity index (χ1) is 38.2. The molecule has 11 aromatic carbocycles. The molecule has 3 aliphatic rings. The highest BCUT2D eigenvalue weighted by Gasteiger charge is 2.54. The van der Waals surface area contributed by atoms with Crippen molar-refractivity contribution in [1.82, 2.24) is 0 Å². The predicted molar refractivity (Wildman–Crippen MR) is 318 cm³/mol. The van der Waals surface area contributed by atoms with Gasteiger partial charge in [-0.2, -0.15) is 0 Å². The molecular weight excluding hydrogens is 937 g/mol. The first-order valence-electron chi connectivity index (χ1n) is 26.7. The molecular formula is C73H48N2O2. The molecule has 362 valence electrons. The molecule has 0 saturated carbocycles. The molecule has 0 saturated heterocycles. The smallest absolute Gasteiger partial charge is 0.159 e. The van der Waals surface area contributed by atoms with E-state index in [0.717, 1.165) is 84.3 Å². The Balaban J connectivity index is 0.966. The van der Waals surface area contributed by atoms with Crippen LogP contribution in [0.4, 0.5) is 28.4 Å². The quantitative estimate of drug-likeness (QED) is 0.152. The van der Waals surface area contributed by atoms with Crippen molar-refractivity contribution in [2.45, 2.75) is 17.9 Å². The van der Waals surface area contributed by atoms with Gasteiger partial charge in [-0.05, 0) is 134 Å². The number of para-hydroxylation sites is 4. The first-order valence-corrected chi connectivity index (χ1v) is 26.7. The summed E-state index contributed by atoms with van der Waals surface area (Å²) in [5, 5.41) is 4.39. The molecule has 0 fully saturated rings. The fraction of sp³-hybridized carbons (Fsp3) is 0.0411. The van der Waals surface area contributed by atoms with Crippen molar-refractivity contribution in [1.29, 1.82) is 0 Å². The lowest BCUT2D eigenvalue weighted by molar-refractivity contribution is 0.664. The lowest BCUT2D eigenvalue weighted by Crippen LogP contribution is -2.34. The van der Waals surface area contributed by atoms with Crippen LogP contribution in [-0.4, -0.2) is 6.04 Å². The van der Waals surface area contributed by atoms with E-state index in [2.05, 4.69) is 283 Å². The fourth-order valence-corrected chi connectivity index (χ4v) is 13.4. The Morgan fingerprint density at radius 3 is 1.44 bits per heavy atom. The van der Waals surface area contributed by atoms with Gasteiger partial charge in [-0.1, -0.05) is 212 Å². The number of rotatable bonds is 8. The van der Waals surface area contributed by atoms with Gasteiger partial charge >= 0.3 is 0 Å². The maximum Gasteiger partial charge on any atom is 0.159 e. The Kier molecular flexibility index (Phi) is 9.64. The number of anilines is 5. The highest BCUT2D eigenvalue weighted by molar-refractivity contribution is 6.12. The maximum atomic E-state index is 6.99. The number of furan rings is 2. The topological polar surface area (TPSA) is 32.8 Å². The van der Waals surface area contributed by atoms with Crippen LogP contribution in [-0.2, 0) is 5.41 Å². The molecule has 3 aliphatic carbocycles. The number of benzene rings is 11. The van der Waals surface area contributed by atoms with Crippen LogP contribution in [0.2, 0.25) is 0 Å². The number of fused-ring (bicyclic) bond motifs is 15. The molecule has 4 heteroatoms. The third-order valence-corrected chi connectivity index (χ3v) is 16.6. The molecule has 1 spiro atoms. The van der Waals surface area contributed by atoms with Gasteiger partial charge in [-0.15, -0.1) is 0 Å². The highest BCUT2D eigenvalue weighted by Crippen LogP contribution is 2.65. The second kappa shape index (κ2) is 17.1. The second-order valence-corrected chi connectivity index (χ2v) is 20.6. The van der Waals surface area contributed by atoms with E-state index >= 15 is 0 Å². The van der Waals surface area contributed by atoms with Gasteiger partial charge in [0, 0.05) is 38.6 Å². The van der Waals surface area contributed by atoms with Gasteiger partial charge in [0.2, 0.25) is 0 Å². The number of hydrogen-bond donors (Lipinski definition) is 0. The average molecular weight is 985 g/mol. The SMILES string of the molecule is C1=CC2=C(c3cc(N(c4ccc(-c5ccccc5)cc4)c4cccc5c4oc4ccccc45)ccc3C23c2ccccc2-c2ccccc23)C(N(c2ccc(-c3ccccc3)cc2)c2cccc3c2oc2ccccc23)C1. The fourth-order valence-electron chi connectivity index (χ4n) is 13.4. The third kappa shape index (κ3) is 6.46. The zero-order chi connectivity index (χ0) is 50.6. The van der Waals surface area contributed by atoms with E-state index in [-0.39, 0.29) is 6.04 Å². The molecule has 16 rings (SSSR count). The summed E-state index contributed by atoms with van der Waals surface area (Å²) in [4.78, 5) is 4.99. The predicted octanol–water partition coefficient (Wildman–Crippen LogP) is 19.5. The van der Waals surface area contributed by atoms with Crippen molar-refractivity contribution in [3.63, 3.8) is 0 Å². The van der Waals surface area contributed by atoms with E-state index in [1.807, 2.05) is 0 Å². The third-order valence-electron chi connectivity index (χ3n) is 16.6. The minimum Gasteiger partial charge on any atom is -0.454 e. The van der Waals surface area contributed by atoms with Crippen LogP contribution in [0.25, 0.3) is 82.8 Å². The van der Waals surface area contributed by atoms with Crippen molar-refractivity contribution in [2.24, 2.45) is 0 Å². The molecule has 2 aromatic heterocycles. The van der Waals surface area contributed by atoms with Crippen LogP contribution >= 0.6 is 0 Å². The van der Waals surface area contributed by atoms with E-state index < -0.39 is 5.41 Å². The van der Waals surface area contributed by atoms with E-state index in [1.54, 1.807) is 0 Å². The summed E-state index contributed by atoms with van der Waals surface area (Å²) in [5.41, 5.74) is 23.0. The molecule has 4 nitrogen and oxygen atoms in total. The van der Waals surface area contributed by atoms with Gasteiger partial charge < -0.3 is 18.6 Å². The Bertz CT molecular complexity index is 4500. The molecule has 0 N–H and O–H groups in total. The molecule has 1 atom stereocenters. The Morgan fingerprint density at radius 2 is 0.831 bits per heavy atom. The van der Waals surface area contributed by atoms with E-state index in [9.17, 15) is 0 Å². The van der Waals surface area contributed by atoms with Crippen LogP contribution in [0, 0.1) is 0 Å². The second-order valence-electron chi connectivity index (χ2n) is 20.6. The molecule has 0 bridgehead atoms. The minimum absolute atomic E-state index is 0.151. The summed E-state index contributed by atoms with van der Waals surface area (Å²) in [5.74, 6) is 0. The van der Waals surface area contributed by atoms with E-state index in [0.29, 0.717) is 0 Å². The van der Waals surface area contributed by atoms with Crippen LogP contribution in [0.3, 0.4) is 0 Å². The van der Waals surface area contributed by atoms with Gasteiger partial charge in [-0.3, -0.25) is 0 Å². The van der Waals surface area contributed by atoms with E-state index in [4.69, 9.17) is 8.83 Å². The average Bonchev–Trinajstić information content (AvgIpc) is 4.31. The Morgan fingerprint density at radius 1 is 0.364 bits per heavy atom. The van der Waals surface area contributed by atoms with Gasteiger partial charge in [0.15, 0.2) is 11.2 Å². The lowest BCUT2D eigenvalue weighted by atomic mass is 9.69. The maximum absolute atomic E-state index is 6.99. The standard InChI is InChI=1S/C73H48N2O2/c1-3-18-47(19-4-1)49-36-40-51(41-37-49)74(66-32-15-26-58-56-24-9-13-34-68(56)76-71(58)66)53-44-45-63-60(46-53)70-64(73(63)61-28-11-7-22-54(61)55-23-8-12-29-62(55)73)30-17-31-65(70)75(52-42-38-50(39-43-52)48-20-5-2-6-21-48)67-33-16-27-59-57-25-10-14-35-69(57)77-72(59)67/h1-30,32-46,65H,31H2. The monoisotopic (exact) mass is 984 g/mol. The van der Waals surface area contributed by atoms with Crippen LogP contribution in [0.5, 0.6) is 0 Å². The van der Waals surface area contributed by atoms with Crippen LogP contribution in [0.15, 0.2) is 287 Å². The van der Waals surface area contributed by atoms with Crippen LogP contribution in [0.1, 0.15) is 28.7 Å². The molecule has 1 unspecified atom stereocenters. The molecule has 0 radical (unpaired) electrons. The van der Waals surface area contributed by atoms with Gasteiger partial charge in [0.05, 0.1) is 22.8 Å². The summed E-state index contributed by atoms with van der Waals surface area (Å²) < 4.78 is 13.9. The summed E-state index contributed by atoms with van der Waals surface area (Å²) in [6, 6.07) is 94.8. The van der Waals surface area contributed by atoms with Gasteiger partial charge in [0.1, 0.15) is 11.2 Å². The number of nitrogens with zero attached hydrogens (tertiary/aromatic N) is 2. The van der Waals surface area contributed by atoms with Crippen molar-refractivity contribution >= 4 is 77.9 Å². The van der Waals surface area contributed by atoms with Gasteiger partial charge in [-0.25, -0.2) is 0 Å². The summed E-state index contributed by atoms with van der Waals surface area (Å²) >= 11 is 0. The zero-order valence-electron chi connectivity index (χ0n) is 42.0. The molecule has 0 aliphatic heterocycles. The summed E-state index contributed by atoms with van der Waals surface area (Å²) in [6.07, 6.45) is 5.65. The van der Waals surface area contributed by atoms with E-state index in [1.165, 1.54) is 61.2 Å². The number of hydrogen-bond acceptors (Lipinski definition) is 4. The molecule has 0 amide bonds. The van der Waals surface area contributed by atoms with Crippen molar-refractivity contribution < 1.29 is 8.83 Å². The summed E-state index contributed by atoms with van der Waals surface area (Å²) in [6.45, 7) is 0. The zero-order valence-corrected chi connectivity index (χ0v) is 42.0. The van der Waals surface area contributed by atoms with Gasteiger partial charge in [0.25, 0.3) is 0 Å². The lowest BCUT2D eigenvalue weighted by Gasteiger charge is -2.38.